The second-order valence-electron chi connectivity index (χ2n) is 8.41. The lowest BCUT2D eigenvalue weighted by molar-refractivity contribution is 0.223. The number of nitrogens with one attached hydrogen (secondary N) is 1. The van der Waals surface area contributed by atoms with Gasteiger partial charge in [-0.25, -0.2) is 4.68 Å². The van der Waals surface area contributed by atoms with Gasteiger partial charge in [0.2, 0.25) is 5.95 Å². The molecular formula is C27H24N4O3. The number of methoxy groups -OCH3 is 2. The molecule has 3 aromatic carbocycles. The van der Waals surface area contributed by atoms with Crippen molar-refractivity contribution in [1.82, 2.24) is 14.8 Å². The minimum atomic E-state index is -0.311. The molecule has 7 nitrogen and oxygen atoms in total. The maximum Gasteiger partial charge on any atom is 0.226 e. The Hall–Kier alpha value is -4.26. The zero-order valence-corrected chi connectivity index (χ0v) is 19.1. The third-order valence-corrected chi connectivity index (χ3v) is 6.40. The molecular weight excluding hydrogens is 428 g/mol. The second kappa shape index (κ2) is 7.95. The van der Waals surface area contributed by atoms with Gasteiger partial charge in [-0.3, -0.25) is 0 Å². The Balaban J connectivity index is 1.63. The summed E-state index contributed by atoms with van der Waals surface area (Å²) in [5, 5.41) is 8.13. The van der Waals surface area contributed by atoms with E-state index in [1.165, 1.54) is 0 Å². The van der Waals surface area contributed by atoms with E-state index in [1.54, 1.807) is 20.5 Å². The predicted octanol–water partition coefficient (Wildman–Crippen LogP) is 5.16. The largest absolute Gasteiger partial charge is 0.493 e. The van der Waals surface area contributed by atoms with Gasteiger partial charge in [0, 0.05) is 11.1 Å². The smallest absolute Gasteiger partial charge is 0.226 e. The Morgan fingerprint density at radius 2 is 1.74 bits per heavy atom. The van der Waals surface area contributed by atoms with Crippen LogP contribution in [0.3, 0.4) is 0 Å². The zero-order valence-electron chi connectivity index (χ0n) is 19.1. The average molecular weight is 453 g/mol. The van der Waals surface area contributed by atoms with Gasteiger partial charge >= 0.3 is 0 Å². The second-order valence-corrected chi connectivity index (χ2v) is 8.41. The number of aromatic nitrogens is 3. The first-order valence-electron chi connectivity index (χ1n) is 11.1. The van der Waals surface area contributed by atoms with Crippen LogP contribution in [-0.4, -0.2) is 29.0 Å². The van der Waals surface area contributed by atoms with E-state index in [1.807, 2.05) is 47.1 Å². The Bertz CT molecular complexity index is 1410. The van der Waals surface area contributed by atoms with E-state index in [0.717, 1.165) is 39.3 Å². The lowest BCUT2D eigenvalue weighted by Gasteiger charge is -2.39. The van der Waals surface area contributed by atoms with Gasteiger partial charge in [-0.1, -0.05) is 48.0 Å². The van der Waals surface area contributed by atoms with Crippen molar-refractivity contribution in [3.05, 3.63) is 101 Å². The van der Waals surface area contributed by atoms with Crippen LogP contribution in [0.5, 0.6) is 17.2 Å². The van der Waals surface area contributed by atoms with Crippen molar-refractivity contribution < 1.29 is 14.2 Å². The number of hydrogen-bond acceptors (Lipinski definition) is 6. The number of hydrogen-bond donors (Lipinski definition) is 1. The van der Waals surface area contributed by atoms with Crippen LogP contribution in [0.25, 0.3) is 5.70 Å². The predicted molar refractivity (Wildman–Crippen MR) is 129 cm³/mol. The normalized spacial score (nSPS) is 18.2. The molecule has 1 N–H and O–H groups in total. The zero-order chi connectivity index (χ0) is 23.2. The summed E-state index contributed by atoms with van der Waals surface area (Å²) in [6.07, 6.45) is 1.26. The molecule has 3 heterocycles. The van der Waals surface area contributed by atoms with Crippen LogP contribution in [0.2, 0.25) is 0 Å². The first-order chi connectivity index (χ1) is 16.7. The molecule has 7 heteroatoms. The maximum absolute atomic E-state index is 6.67. The Labute approximate surface area is 197 Å². The van der Waals surface area contributed by atoms with E-state index in [9.17, 15) is 0 Å². The van der Waals surface area contributed by atoms with E-state index < -0.39 is 0 Å². The molecule has 2 aliphatic rings. The highest BCUT2D eigenvalue weighted by atomic mass is 16.5. The fraction of sp³-hybridized carbons (Fsp3) is 0.185. The molecule has 0 fully saturated rings. The number of nitrogens with zero attached hydrogens (tertiary/aromatic N) is 3. The van der Waals surface area contributed by atoms with Crippen LogP contribution < -0.4 is 19.5 Å². The molecule has 4 aromatic rings. The van der Waals surface area contributed by atoms with Gasteiger partial charge < -0.3 is 19.5 Å². The van der Waals surface area contributed by atoms with Gasteiger partial charge in [-0.05, 0) is 42.3 Å². The highest BCUT2D eigenvalue weighted by Crippen LogP contribution is 2.51. The molecule has 0 amide bonds. The minimum absolute atomic E-state index is 0.257. The van der Waals surface area contributed by atoms with Gasteiger partial charge in [0.05, 0.1) is 19.9 Å². The molecule has 2 aliphatic heterocycles. The molecule has 2 atom stereocenters. The molecule has 0 aliphatic carbocycles. The Kier molecular flexibility index (Phi) is 4.76. The molecule has 0 radical (unpaired) electrons. The Morgan fingerprint density at radius 1 is 0.912 bits per heavy atom. The van der Waals surface area contributed by atoms with Crippen molar-refractivity contribution in [2.75, 3.05) is 19.5 Å². The highest BCUT2D eigenvalue weighted by molar-refractivity contribution is 5.85. The number of rotatable bonds is 4. The number of ether oxygens (including phenoxy) is 3. The average Bonchev–Trinajstić information content (AvgIpc) is 3.35. The summed E-state index contributed by atoms with van der Waals surface area (Å²) in [5.74, 6) is 2.85. The van der Waals surface area contributed by atoms with Gasteiger partial charge in [0.1, 0.15) is 24.2 Å². The van der Waals surface area contributed by atoms with Crippen LogP contribution in [0.15, 0.2) is 78.6 Å². The fourth-order valence-corrected chi connectivity index (χ4v) is 4.83. The molecule has 6 rings (SSSR count). The number of anilines is 1. The van der Waals surface area contributed by atoms with Crippen molar-refractivity contribution >= 4 is 11.6 Å². The lowest BCUT2D eigenvalue weighted by atomic mass is 9.84. The van der Waals surface area contributed by atoms with E-state index in [0.29, 0.717) is 17.4 Å². The summed E-state index contributed by atoms with van der Waals surface area (Å²) in [6.45, 7) is 2.08. The summed E-state index contributed by atoms with van der Waals surface area (Å²) in [4.78, 5) is 4.50. The van der Waals surface area contributed by atoms with E-state index in [2.05, 4.69) is 46.6 Å². The first-order valence-corrected chi connectivity index (χ1v) is 11.1. The Morgan fingerprint density at radius 3 is 2.53 bits per heavy atom. The quantitative estimate of drug-likeness (QED) is 0.461. The van der Waals surface area contributed by atoms with Crippen molar-refractivity contribution in [1.29, 1.82) is 0 Å². The molecule has 1 aromatic heterocycles. The molecule has 34 heavy (non-hydrogen) atoms. The number of benzene rings is 3. The van der Waals surface area contributed by atoms with Crippen LogP contribution >= 0.6 is 0 Å². The van der Waals surface area contributed by atoms with E-state index in [-0.39, 0.29) is 12.1 Å². The first kappa shape index (κ1) is 20.4. The van der Waals surface area contributed by atoms with Crippen molar-refractivity contribution in [3.63, 3.8) is 0 Å². The third-order valence-electron chi connectivity index (χ3n) is 6.40. The highest BCUT2D eigenvalue weighted by Gasteiger charge is 2.41. The van der Waals surface area contributed by atoms with Crippen LogP contribution in [0.1, 0.15) is 34.4 Å². The van der Waals surface area contributed by atoms with E-state index in [4.69, 9.17) is 14.2 Å². The molecule has 170 valence electrons. The monoisotopic (exact) mass is 452 g/mol. The number of aryl methyl sites for hydroxylation is 1. The SMILES string of the molecule is COc1ccc([C@@H]2C3=C(Nc4ncnn42)c2cc(C)ccc2O[C@@H]3c2ccccc2)cc1OC. The van der Waals surface area contributed by atoms with Crippen molar-refractivity contribution in [3.8, 4) is 17.2 Å². The topological polar surface area (TPSA) is 70.4 Å². The van der Waals surface area contributed by atoms with Crippen LogP contribution in [0, 0.1) is 6.92 Å². The molecule has 0 unspecified atom stereocenters. The van der Waals surface area contributed by atoms with Gasteiger partial charge in [0.15, 0.2) is 11.5 Å². The van der Waals surface area contributed by atoms with Crippen LogP contribution in [0.4, 0.5) is 5.95 Å². The van der Waals surface area contributed by atoms with Crippen molar-refractivity contribution in [2.24, 2.45) is 0 Å². The maximum atomic E-state index is 6.67. The van der Waals surface area contributed by atoms with Gasteiger partial charge in [-0.2, -0.15) is 10.1 Å². The summed E-state index contributed by atoms with van der Waals surface area (Å²) in [6, 6.07) is 22.2. The van der Waals surface area contributed by atoms with Crippen molar-refractivity contribution in [2.45, 2.75) is 19.1 Å². The fourth-order valence-electron chi connectivity index (χ4n) is 4.83. The van der Waals surface area contributed by atoms with E-state index >= 15 is 0 Å². The van der Waals surface area contributed by atoms with Crippen LogP contribution in [-0.2, 0) is 0 Å². The lowest BCUT2D eigenvalue weighted by Crippen LogP contribution is -2.32. The summed E-state index contributed by atoms with van der Waals surface area (Å²) in [5.41, 5.74) is 6.30. The standard InChI is InChI=1S/C27H24N4O3/c1-16-9-11-20-19(13-16)24-23(26(34-20)17-7-5-4-6-8-17)25(31-27(30-24)28-15-29-31)18-10-12-21(32-2)22(14-18)33-3/h4-15,25-26H,1-3H3,(H,28,29,30)/t25-,26-/m1/s1. The number of fused-ring (bicyclic) bond motifs is 3. The minimum Gasteiger partial charge on any atom is -0.493 e. The summed E-state index contributed by atoms with van der Waals surface area (Å²) in [7, 11) is 3.28. The summed E-state index contributed by atoms with van der Waals surface area (Å²) >= 11 is 0. The van der Waals surface area contributed by atoms with Gasteiger partial charge in [0.25, 0.3) is 0 Å². The third kappa shape index (κ3) is 3.12. The molecule has 0 bridgehead atoms. The molecule has 0 saturated carbocycles. The molecule has 0 saturated heterocycles. The van der Waals surface area contributed by atoms with Gasteiger partial charge in [-0.15, -0.1) is 0 Å². The summed E-state index contributed by atoms with van der Waals surface area (Å²) < 4.78 is 19.7. The molecule has 0 spiro atoms.